The van der Waals surface area contributed by atoms with E-state index in [1.165, 1.54) is 24.7 Å². The third-order valence-electron chi connectivity index (χ3n) is 3.08. The molecule has 2 rings (SSSR count). The van der Waals surface area contributed by atoms with Gasteiger partial charge in [-0.1, -0.05) is 30.3 Å². The Balaban J connectivity index is 2.02. The quantitative estimate of drug-likeness (QED) is 0.482. The van der Waals surface area contributed by atoms with Crippen LogP contribution in [0.4, 0.5) is 5.82 Å². The Labute approximate surface area is 118 Å². The second kappa shape index (κ2) is 6.59. The Morgan fingerprint density at radius 3 is 2.61 bits per heavy atom. The lowest BCUT2D eigenvalue weighted by Gasteiger charge is -2.35. The highest BCUT2D eigenvalue weighted by Crippen LogP contribution is 2.21. The van der Waals surface area contributed by atoms with Crippen LogP contribution in [0.25, 0.3) is 0 Å². The number of nitrogens with zero attached hydrogens (tertiary/aromatic N) is 4. The lowest BCUT2D eigenvalue weighted by Crippen LogP contribution is -2.46. The molecule has 0 atom stereocenters. The predicted molar refractivity (Wildman–Crippen MR) is 77.8 cm³/mol. The maximum absolute atomic E-state index is 6.02. The molecule has 1 aromatic heterocycles. The highest BCUT2D eigenvalue weighted by molar-refractivity contribution is 7.98. The first kappa shape index (κ1) is 13.9. The summed E-state index contributed by atoms with van der Waals surface area (Å²) >= 11 is 7.55. The van der Waals surface area contributed by atoms with Crippen LogP contribution in [0.3, 0.4) is 0 Å². The summed E-state index contributed by atoms with van der Waals surface area (Å²) < 4.78 is 0. The molecule has 1 aliphatic rings. The van der Waals surface area contributed by atoms with Gasteiger partial charge in [-0.2, -0.15) is 0 Å². The van der Waals surface area contributed by atoms with E-state index in [-0.39, 0.29) is 0 Å². The van der Waals surface area contributed by atoms with Crippen molar-refractivity contribution in [1.29, 1.82) is 0 Å². The van der Waals surface area contributed by atoms with Crippen molar-refractivity contribution in [3.63, 3.8) is 0 Å². The summed E-state index contributed by atoms with van der Waals surface area (Å²) in [5.41, 5.74) is 0. The first-order chi connectivity index (χ1) is 8.72. The standard InChI is InChI=1S/C12H19ClN4S/c1-3-4-16-5-7-17(8-6-16)11-9-10(13)14-12(15-11)18-2/h9H,3-8H2,1-2H3. The molecule has 4 nitrogen and oxygen atoms in total. The van der Waals surface area contributed by atoms with Gasteiger partial charge in [0.1, 0.15) is 11.0 Å². The molecule has 2 heterocycles. The van der Waals surface area contributed by atoms with E-state index in [9.17, 15) is 0 Å². The first-order valence-electron chi connectivity index (χ1n) is 6.28. The Hall–Kier alpha value is -0.520. The Kier molecular flexibility index (Phi) is 5.09. The number of rotatable bonds is 4. The number of anilines is 1. The molecule has 18 heavy (non-hydrogen) atoms. The van der Waals surface area contributed by atoms with Crippen LogP contribution in [0.15, 0.2) is 11.2 Å². The van der Waals surface area contributed by atoms with Gasteiger partial charge in [-0.3, -0.25) is 4.90 Å². The molecule has 0 aromatic carbocycles. The van der Waals surface area contributed by atoms with Gasteiger partial charge in [0.15, 0.2) is 5.16 Å². The molecular weight excluding hydrogens is 268 g/mol. The maximum Gasteiger partial charge on any atom is 0.190 e. The van der Waals surface area contributed by atoms with Crippen molar-refractivity contribution in [3.05, 3.63) is 11.2 Å². The van der Waals surface area contributed by atoms with E-state index in [1.807, 2.05) is 12.3 Å². The molecule has 0 bridgehead atoms. The average molecular weight is 287 g/mol. The van der Waals surface area contributed by atoms with Crippen molar-refractivity contribution >= 4 is 29.2 Å². The van der Waals surface area contributed by atoms with E-state index in [2.05, 4.69) is 26.7 Å². The van der Waals surface area contributed by atoms with Gasteiger partial charge in [-0.15, -0.1) is 0 Å². The number of thioether (sulfide) groups is 1. The van der Waals surface area contributed by atoms with Gasteiger partial charge >= 0.3 is 0 Å². The monoisotopic (exact) mass is 286 g/mol. The van der Waals surface area contributed by atoms with E-state index in [1.54, 1.807) is 0 Å². The molecule has 0 unspecified atom stereocenters. The number of hydrogen-bond donors (Lipinski definition) is 0. The molecule has 0 aliphatic carbocycles. The van der Waals surface area contributed by atoms with Crippen LogP contribution in [0.5, 0.6) is 0 Å². The lowest BCUT2D eigenvalue weighted by molar-refractivity contribution is 0.258. The van der Waals surface area contributed by atoms with Crippen molar-refractivity contribution in [3.8, 4) is 0 Å². The Morgan fingerprint density at radius 2 is 2.00 bits per heavy atom. The van der Waals surface area contributed by atoms with E-state index in [0.717, 1.165) is 37.2 Å². The van der Waals surface area contributed by atoms with Gasteiger partial charge in [0.25, 0.3) is 0 Å². The third-order valence-corrected chi connectivity index (χ3v) is 3.82. The average Bonchev–Trinajstić information content (AvgIpc) is 2.39. The fraction of sp³-hybridized carbons (Fsp3) is 0.667. The minimum absolute atomic E-state index is 0.528. The molecule has 1 fully saturated rings. The van der Waals surface area contributed by atoms with Crippen molar-refractivity contribution in [2.45, 2.75) is 18.5 Å². The van der Waals surface area contributed by atoms with Gasteiger partial charge in [0, 0.05) is 32.2 Å². The van der Waals surface area contributed by atoms with Crippen LogP contribution >= 0.6 is 23.4 Å². The molecule has 0 saturated carbocycles. The van der Waals surface area contributed by atoms with E-state index in [0.29, 0.717) is 5.15 Å². The van der Waals surface area contributed by atoms with Gasteiger partial charge in [-0.25, -0.2) is 9.97 Å². The third kappa shape index (κ3) is 3.49. The van der Waals surface area contributed by atoms with Crippen molar-refractivity contribution < 1.29 is 0 Å². The van der Waals surface area contributed by atoms with Crippen LogP contribution in [0.2, 0.25) is 5.15 Å². The molecule has 1 aliphatic heterocycles. The van der Waals surface area contributed by atoms with Crippen molar-refractivity contribution in [2.75, 3.05) is 43.9 Å². The minimum Gasteiger partial charge on any atom is -0.354 e. The highest BCUT2D eigenvalue weighted by atomic mass is 35.5. The molecule has 0 spiro atoms. The number of aromatic nitrogens is 2. The highest BCUT2D eigenvalue weighted by Gasteiger charge is 2.18. The van der Waals surface area contributed by atoms with E-state index < -0.39 is 0 Å². The molecule has 100 valence electrons. The van der Waals surface area contributed by atoms with Crippen LogP contribution in [0, 0.1) is 0 Å². The molecular formula is C12H19ClN4S. The fourth-order valence-electron chi connectivity index (χ4n) is 2.16. The Bertz CT molecular complexity index is 394. The van der Waals surface area contributed by atoms with E-state index in [4.69, 9.17) is 11.6 Å². The zero-order chi connectivity index (χ0) is 13.0. The van der Waals surface area contributed by atoms with Crippen molar-refractivity contribution in [1.82, 2.24) is 14.9 Å². The van der Waals surface area contributed by atoms with Crippen molar-refractivity contribution in [2.24, 2.45) is 0 Å². The summed E-state index contributed by atoms with van der Waals surface area (Å²) in [6.07, 6.45) is 3.19. The fourth-order valence-corrected chi connectivity index (χ4v) is 2.76. The molecule has 0 N–H and O–H groups in total. The second-order valence-electron chi connectivity index (χ2n) is 4.36. The van der Waals surface area contributed by atoms with Crippen LogP contribution in [-0.4, -0.2) is 53.8 Å². The zero-order valence-corrected chi connectivity index (χ0v) is 12.5. The molecule has 1 saturated heterocycles. The van der Waals surface area contributed by atoms with Crippen LogP contribution in [-0.2, 0) is 0 Å². The summed E-state index contributed by atoms with van der Waals surface area (Å²) in [7, 11) is 0. The largest absolute Gasteiger partial charge is 0.354 e. The van der Waals surface area contributed by atoms with Gasteiger partial charge in [-0.05, 0) is 19.2 Å². The van der Waals surface area contributed by atoms with Gasteiger partial charge in [0.05, 0.1) is 0 Å². The number of hydrogen-bond acceptors (Lipinski definition) is 5. The number of piperazine rings is 1. The molecule has 6 heteroatoms. The zero-order valence-electron chi connectivity index (χ0n) is 10.9. The topological polar surface area (TPSA) is 32.3 Å². The maximum atomic E-state index is 6.02. The van der Waals surface area contributed by atoms with E-state index >= 15 is 0 Å². The predicted octanol–water partition coefficient (Wildman–Crippen LogP) is 2.38. The number of halogens is 1. The smallest absolute Gasteiger partial charge is 0.190 e. The molecule has 0 amide bonds. The summed E-state index contributed by atoms with van der Waals surface area (Å²) in [4.78, 5) is 13.5. The van der Waals surface area contributed by atoms with Crippen LogP contribution < -0.4 is 4.90 Å². The summed E-state index contributed by atoms with van der Waals surface area (Å²) in [6.45, 7) is 7.65. The molecule has 0 radical (unpaired) electrons. The Morgan fingerprint density at radius 1 is 1.28 bits per heavy atom. The molecule has 1 aromatic rings. The minimum atomic E-state index is 0.528. The van der Waals surface area contributed by atoms with Crippen LogP contribution in [0.1, 0.15) is 13.3 Å². The summed E-state index contributed by atoms with van der Waals surface area (Å²) in [5.74, 6) is 0.954. The van der Waals surface area contributed by atoms with Gasteiger partial charge < -0.3 is 4.90 Å². The normalized spacial score (nSPS) is 17.2. The van der Waals surface area contributed by atoms with Gasteiger partial charge in [0.2, 0.25) is 0 Å². The summed E-state index contributed by atoms with van der Waals surface area (Å²) in [5, 5.41) is 1.27. The second-order valence-corrected chi connectivity index (χ2v) is 5.52. The summed E-state index contributed by atoms with van der Waals surface area (Å²) in [6, 6.07) is 1.86. The first-order valence-corrected chi connectivity index (χ1v) is 7.89. The SMILES string of the molecule is CCCN1CCN(c2cc(Cl)nc(SC)n2)CC1. The lowest BCUT2D eigenvalue weighted by atomic mass is 10.3.